The van der Waals surface area contributed by atoms with Crippen LogP contribution in [0.1, 0.15) is 30.1 Å². The molecule has 1 aromatic carbocycles. The molecule has 0 aliphatic carbocycles. The first-order valence-corrected chi connectivity index (χ1v) is 6.89. The summed E-state index contributed by atoms with van der Waals surface area (Å²) in [6.07, 6.45) is 2.28. The smallest absolute Gasteiger partial charge is 0.251 e. The molecule has 2 rings (SSSR count). The van der Waals surface area contributed by atoms with Crippen molar-refractivity contribution in [3.8, 4) is 0 Å². The molecule has 1 aliphatic heterocycles. The fraction of sp³-hybridized carbons (Fsp3) is 0.533. The maximum Gasteiger partial charge on any atom is 0.251 e. The lowest BCUT2D eigenvalue weighted by molar-refractivity contribution is 0.0963. The highest BCUT2D eigenvalue weighted by atomic mass is 16.1. The summed E-state index contributed by atoms with van der Waals surface area (Å²) in [6.45, 7) is 3.38. The molecule has 4 nitrogen and oxygen atoms in total. The summed E-state index contributed by atoms with van der Waals surface area (Å²) in [4.78, 5) is 14.0. The quantitative estimate of drug-likeness (QED) is 0.874. The molecule has 104 valence electrons. The third kappa shape index (κ3) is 3.47. The van der Waals surface area contributed by atoms with Crippen molar-refractivity contribution in [3.05, 3.63) is 29.8 Å². The molecule has 4 heteroatoms. The van der Waals surface area contributed by atoms with Gasteiger partial charge in [0.15, 0.2) is 0 Å². The number of piperidine rings is 1. The van der Waals surface area contributed by atoms with Crippen molar-refractivity contribution >= 4 is 11.6 Å². The van der Waals surface area contributed by atoms with Gasteiger partial charge >= 0.3 is 0 Å². The molecule has 1 amide bonds. The van der Waals surface area contributed by atoms with Gasteiger partial charge in [0.25, 0.3) is 5.91 Å². The number of nitrogens with one attached hydrogen (secondary N) is 2. The highest BCUT2D eigenvalue weighted by Gasteiger charge is 2.22. The molecular weight excluding hydrogens is 238 g/mol. The van der Waals surface area contributed by atoms with Gasteiger partial charge in [-0.1, -0.05) is 6.07 Å². The van der Waals surface area contributed by atoms with Gasteiger partial charge in [-0.3, -0.25) is 4.79 Å². The molecule has 1 heterocycles. The SMILES string of the molecule is CNC(=O)c1cccc(NC2CCN(C)C(C)C2)c1. The van der Waals surface area contributed by atoms with Crippen molar-refractivity contribution in [1.82, 2.24) is 10.2 Å². The van der Waals surface area contributed by atoms with Crippen LogP contribution in [0.15, 0.2) is 24.3 Å². The predicted octanol–water partition coefficient (Wildman–Crippen LogP) is 1.94. The molecule has 0 radical (unpaired) electrons. The molecule has 2 unspecified atom stereocenters. The lowest BCUT2D eigenvalue weighted by Crippen LogP contribution is -2.42. The van der Waals surface area contributed by atoms with Crippen molar-refractivity contribution in [3.63, 3.8) is 0 Å². The van der Waals surface area contributed by atoms with E-state index >= 15 is 0 Å². The third-order valence-corrected chi connectivity index (χ3v) is 3.93. The standard InChI is InChI=1S/C15H23N3O/c1-11-9-14(7-8-18(11)3)17-13-6-4-5-12(10-13)15(19)16-2/h4-6,10-11,14,17H,7-9H2,1-3H3,(H,16,19). The Labute approximate surface area is 115 Å². The van der Waals surface area contributed by atoms with E-state index in [1.54, 1.807) is 7.05 Å². The number of nitrogens with zero attached hydrogens (tertiary/aromatic N) is 1. The lowest BCUT2D eigenvalue weighted by atomic mass is 9.98. The first-order chi connectivity index (χ1) is 9.10. The summed E-state index contributed by atoms with van der Waals surface area (Å²) >= 11 is 0. The number of anilines is 1. The molecule has 0 bridgehead atoms. The number of hydrogen-bond acceptors (Lipinski definition) is 3. The number of likely N-dealkylation sites (tertiary alicyclic amines) is 1. The van der Waals surface area contributed by atoms with E-state index < -0.39 is 0 Å². The van der Waals surface area contributed by atoms with Gasteiger partial charge in [0.1, 0.15) is 0 Å². The minimum absolute atomic E-state index is 0.0413. The van der Waals surface area contributed by atoms with Gasteiger partial charge in [-0.05, 0) is 45.0 Å². The van der Waals surface area contributed by atoms with Crippen LogP contribution in [0.5, 0.6) is 0 Å². The third-order valence-electron chi connectivity index (χ3n) is 3.93. The normalized spacial score (nSPS) is 23.9. The van der Waals surface area contributed by atoms with E-state index in [0.29, 0.717) is 17.6 Å². The Morgan fingerprint density at radius 3 is 2.89 bits per heavy atom. The van der Waals surface area contributed by atoms with Crippen molar-refractivity contribution < 1.29 is 4.79 Å². The predicted molar refractivity (Wildman–Crippen MR) is 78.6 cm³/mol. The van der Waals surface area contributed by atoms with E-state index in [0.717, 1.165) is 25.1 Å². The number of carbonyl (C=O) groups excluding carboxylic acids is 1. The number of hydrogen-bond donors (Lipinski definition) is 2. The van der Waals surface area contributed by atoms with Gasteiger partial charge < -0.3 is 15.5 Å². The van der Waals surface area contributed by atoms with E-state index in [4.69, 9.17) is 0 Å². The van der Waals surface area contributed by atoms with Gasteiger partial charge in [0.2, 0.25) is 0 Å². The highest BCUT2D eigenvalue weighted by molar-refractivity contribution is 5.94. The number of rotatable bonds is 3. The van der Waals surface area contributed by atoms with E-state index in [1.807, 2.05) is 24.3 Å². The minimum Gasteiger partial charge on any atom is -0.382 e. The number of benzene rings is 1. The van der Waals surface area contributed by atoms with Crippen LogP contribution in [0, 0.1) is 0 Å². The first kappa shape index (κ1) is 13.9. The van der Waals surface area contributed by atoms with E-state index in [9.17, 15) is 4.79 Å². The zero-order valence-electron chi connectivity index (χ0n) is 11.9. The van der Waals surface area contributed by atoms with Crippen LogP contribution in [0.4, 0.5) is 5.69 Å². The lowest BCUT2D eigenvalue weighted by Gasteiger charge is -2.35. The first-order valence-electron chi connectivity index (χ1n) is 6.89. The summed E-state index contributed by atoms with van der Waals surface area (Å²) in [7, 11) is 3.83. The molecule has 1 fully saturated rings. The molecule has 2 atom stereocenters. The summed E-state index contributed by atoms with van der Waals surface area (Å²) in [5, 5.41) is 6.20. The van der Waals surface area contributed by atoms with Crippen LogP contribution in [-0.2, 0) is 0 Å². The Balaban J connectivity index is 2.01. The Kier molecular flexibility index (Phi) is 4.43. The molecule has 0 aromatic heterocycles. The Bertz CT molecular complexity index is 447. The molecule has 19 heavy (non-hydrogen) atoms. The van der Waals surface area contributed by atoms with Crippen molar-refractivity contribution in [2.75, 3.05) is 26.0 Å². The maximum atomic E-state index is 11.6. The Morgan fingerprint density at radius 2 is 2.21 bits per heavy atom. The topological polar surface area (TPSA) is 44.4 Å². The summed E-state index contributed by atoms with van der Waals surface area (Å²) in [6, 6.07) is 8.80. The van der Waals surface area contributed by atoms with Crippen LogP contribution in [-0.4, -0.2) is 43.5 Å². The van der Waals surface area contributed by atoms with Crippen LogP contribution in [0.25, 0.3) is 0 Å². The number of carbonyl (C=O) groups is 1. The molecule has 2 N–H and O–H groups in total. The van der Waals surface area contributed by atoms with E-state index in [2.05, 4.69) is 29.5 Å². The van der Waals surface area contributed by atoms with Gasteiger partial charge in [-0.15, -0.1) is 0 Å². The fourth-order valence-electron chi connectivity index (χ4n) is 2.55. The van der Waals surface area contributed by atoms with Crippen LogP contribution in [0.2, 0.25) is 0 Å². The molecule has 1 saturated heterocycles. The van der Waals surface area contributed by atoms with Crippen LogP contribution >= 0.6 is 0 Å². The van der Waals surface area contributed by atoms with Crippen molar-refractivity contribution in [2.45, 2.75) is 31.8 Å². The van der Waals surface area contributed by atoms with Gasteiger partial charge in [-0.2, -0.15) is 0 Å². The number of amides is 1. The van der Waals surface area contributed by atoms with Crippen molar-refractivity contribution in [2.24, 2.45) is 0 Å². The zero-order chi connectivity index (χ0) is 13.8. The molecule has 1 aromatic rings. The van der Waals surface area contributed by atoms with Crippen LogP contribution in [0.3, 0.4) is 0 Å². The van der Waals surface area contributed by atoms with E-state index in [-0.39, 0.29) is 5.91 Å². The largest absolute Gasteiger partial charge is 0.382 e. The molecular formula is C15H23N3O. The Morgan fingerprint density at radius 1 is 1.42 bits per heavy atom. The average molecular weight is 261 g/mol. The zero-order valence-corrected chi connectivity index (χ0v) is 11.9. The maximum absolute atomic E-state index is 11.6. The second-order valence-electron chi connectivity index (χ2n) is 5.36. The molecule has 0 spiro atoms. The van der Waals surface area contributed by atoms with Gasteiger partial charge in [0.05, 0.1) is 0 Å². The van der Waals surface area contributed by atoms with Crippen LogP contribution < -0.4 is 10.6 Å². The second kappa shape index (κ2) is 6.06. The Hall–Kier alpha value is -1.55. The minimum atomic E-state index is -0.0413. The molecule has 0 saturated carbocycles. The second-order valence-corrected chi connectivity index (χ2v) is 5.36. The van der Waals surface area contributed by atoms with Gasteiger partial charge in [0, 0.05) is 36.9 Å². The fourth-order valence-corrected chi connectivity index (χ4v) is 2.55. The molecule has 1 aliphatic rings. The van der Waals surface area contributed by atoms with Gasteiger partial charge in [-0.25, -0.2) is 0 Å². The monoisotopic (exact) mass is 261 g/mol. The summed E-state index contributed by atoms with van der Waals surface area (Å²) < 4.78 is 0. The van der Waals surface area contributed by atoms with E-state index in [1.165, 1.54) is 0 Å². The van der Waals surface area contributed by atoms with Crippen molar-refractivity contribution in [1.29, 1.82) is 0 Å². The summed E-state index contributed by atoms with van der Waals surface area (Å²) in [5.41, 5.74) is 1.73. The summed E-state index contributed by atoms with van der Waals surface area (Å²) in [5.74, 6) is -0.0413. The average Bonchev–Trinajstić information content (AvgIpc) is 2.42. The highest BCUT2D eigenvalue weighted by Crippen LogP contribution is 2.20.